The van der Waals surface area contributed by atoms with Gasteiger partial charge in [0.25, 0.3) is 0 Å². The van der Waals surface area contributed by atoms with Crippen molar-refractivity contribution < 1.29 is 4.79 Å². The van der Waals surface area contributed by atoms with E-state index in [-0.39, 0.29) is 6.03 Å². The predicted octanol–water partition coefficient (Wildman–Crippen LogP) is 2.84. The number of rotatable bonds is 4. The van der Waals surface area contributed by atoms with Crippen molar-refractivity contribution in [2.45, 2.75) is 6.54 Å². The Balaban J connectivity index is 2.44. The molecular formula is C10H13BrN2OS. The van der Waals surface area contributed by atoms with Crippen molar-refractivity contribution in [2.75, 3.05) is 13.6 Å². The summed E-state index contributed by atoms with van der Waals surface area (Å²) in [5.74, 6) is 0. The van der Waals surface area contributed by atoms with E-state index in [0.717, 1.165) is 8.66 Å². The molecule has 0 atom stereocenters. The molecule has 0 radical (unpaired) electrons. The fourth-order valence-electron chi connectivity index (χ4n) is 1.04. The summed E-state index contributed by atoms with van der Waals surface area (Å²) in [7, 11) is 1.77. The van der Waals surface area contributed by atoms with Gasteiger partial charge in [-0.05, 0) is 28.1 Å². The lowest BCUT2D eigenvalue weighted by molar-refractivity contribution is 0.208. The van der Waals surface area contributed by atoms with Crippen LogP contribution in [0, 0.1) is 0 Å². The van der Waals surface area contributed by atoms with E-state index in [4.69, 9.17) is 0 Å². The van der Waals surface area contributed by atoms with E-state index in [2.05, 4.69) is 27.8 Å². The van der Waals surface area contributed by atoms with Crippen LogP contribution < -0.4 is 5.32 Å². The summed E-state index contributed by atoms with van der Waals surface area (Å²) in [6, 6.07) is 3.90. The molecule has 15 heavy (non-hydrogen) atoms. The van der Waals surface area contributed by atoms with E-state index in [0.29, 0.717) is 13.1 Å². The van der Waals surface area contributed by atoms with Gasteiger partial charge in [-0.15, -0.1) is 17.9 Å². The smallest absolute Gasteiger partial charge is 0.317 e. The Kier molecular flexibility index (Phi) is 4.84. The minimum absolute atomic E-state index is 0.0839. The summed E-state index contributed by atoms with van der Waals surface area (Å²) in [5, 5.41) is 2.72. The zero-order valence-corrected chi connectivity index (χ0v) is 10.9. The molecule has 82 valence electrons. The van der Waals surface area contributed by atoms with E-state index >= 15 is 0 Å². The lowest BCUT2D eigenvalue weighted by atomic mass is 10.4. The Morgan fingerprint density at radius 1 is 1.73 bits per heavy atom. The molecule has 1 N–H and O–H groups in total. The number of nitrogens with one attached hydrogen (secondary N) is 1. The number of carbonyl (C=O) groups excluding carboxylic acids is 1. The van der Waals surface area contributed by atoms with Gasteiger partial charge in [0.2, 0.25) is 0 Å². The van der Waals surface area contributed by atoms with Gasteiger partial charge in [0, 0.05) is 18.5 Å². The average Bonchev–Trinajstić information content (AvgIpc) is 2.60. The van der Waals surface area contributed by atoms with Gasteiger partial charge in [-0.25, -0.2) is 4.79 Å². The van der Waals surface area contributed by atoms with E-state index in [1.54, 1.807) is 29.4 Å². The molecule has 0 unspecified atom stereocenters. The van der Waals surface area contributed by atoms with Gasteiger partial charge in [-0.2, -0.15) is 0 Å². The molecule has 0 aliphatic heterocycles. The summed E-state index contributed by atoms with van der Waals surface area (Å²) in [6.07, 6.45) is 1.66. The highest BCUT2D eigenvalue weighted by molar-refractivity contribution is 9.11. The first-order valence-electron chi connectivity index (χ1n) is 4.47. The van der Waals surface area contributed by atoms with Crippen molar-refractivity contribution in [3.63, 3.8) is 0 Å². The molecule has 1 aromatic rings. The zero-order chi connectivity index (χ0) is 11.3. The number of hydrogen-bond donors (Lipinski definition) is 1. The zero-order valence-electron chi connectivity index (χ0n) is 8.50. The molecule has 1 aromatic heterocycles. The van der Waals surface area contributed by atoms with Crippen LogP contribution in [0.5, 0.6) is 0 Å². The molecule has 0 aliphatic rings. The maximum Gasteiger partial charge on any atom is 0.317 e. The van der Waals surface area contributed by atoms with Crippen molar-refractivity contribution in [2.24, 2.45) is 0 Å². The molecule has 0 saturated carbocycles. The van der Waals surface area contributed by atoms with Gasteiger partial charge in [-0.1, -0.05) is 6.08 Å². The van der Waals surface area contributed by atoms with Crippen LogP contribution in [0.15, 0.2) is 28.6 Å². The van der Waals surface area contributed by atoms with Crippen LogP contribution in [0.2, 0.25) is 0 Å². The van der Waals surface area contributed by atoms with E-state index < -0.39 is 0 Å². The Labute approximate surface area is 102 Å². The fraction of sp³-hybridized carbons (Fsp3) is 0.300. The molecule has 0 bridgehead atoms. The maximum atomic E-state index is 11.5. The monoisotopic (exact) mass is 288 g/mol. The van der Waals surface area contributed by atoms with Crippen molar-refractivity contribution in [1.82, 2.24) is 10.2 Å². The van der Waals surface area contributed by atoms with Crippen LogP contribution in [0.1, 0.15) is 4.88 Å². The number of halogens is 1. The van der Waals surface area contributed by atoms with Gasteiger partial charge >= 0.3 is 6.03 Å². The second-order valence-corrected chi connectivity index (χ2v) is 5.58. The van der Waals surface area contributed by atoms with Crippen molar-refractivity contribution in [3.05, 3.63) is 33.5 Å². The Hall–Kier alpha value is -0.810. The summed E-state index contributed by atoms with van der Waals surface area (Å²) in [6.45, 7) is 4.66. The van der Waals surface area contributed by atoms with Crippen LogP contribution in [-0.4, -0.2) is 24.5 Å². The first-order chi connectivity index (χ1) is 7.13. The third kappa shape index (κ3) is 4.05. The van der Waals surface area contributed by atoms with Gasteiger partial charge in [0.15, 0.2) is 0 Å². The largest absolute Gasteiger partial charge is 0.335 e. The number of urea groups is 1. The Morgan fingerprint density at radius 2 is 2.47 bits per heavy atom. The van der Waals surface area contributed by atoms with Gasteiger partial charge in [0.05, 0.1) is 10.3 Å². The summed E-state index contributed by atoms with van der Waals surface area (Å²) in [4.78, 5) is 14.3. The second-order valence-electron chi connectivity index (χ2n) is 3.04. The minimum atomic E-state index is -0.0839. The normalized spacial score (nSPS) is 9.73. The summed E-state index contributed by atoms with van der Waals surface area (Å²) >= 11 is 5.02. The van der Waals surface area contributed by atoms with Crippen molar-refractivity contribution in [1.29, 1.82) is 0 Å². The third-order valence-corrected chi connectivity index (χ3v) is 3.37. The minimum Gasteiger partial charge on any atom is -0.335 e. The topological polar surface area (TPSA) is 32.3 Å². The molecule has 1 heterocycles. The molecule has 0 aliphatic carbocycles. The van der Waals surface area contributed by atoms with Crippen LogP contribution in [0.4, 0.5) is 4.79 Å². The Morgan fingerprint density at radius 3 is 3.00 bits per heavy atom. The molecular weight excluding hydrogens is 276 g/mol. The molecule has 0 aromatic carbocycles. The number of amides is 2. The molecule has 0 fully saturated rings. The van der Waals surface area contributed by atoms with Crippen molar-refractivity contribution in [3.8, 4) is 0 Å². The van der Waals surface area contributed by atoms with Gasteiger partial charge < -0.3 is 10.2 Å². The molecule has 0 saturated heterocycles. The Bertz CT molecular complexity index is 351. The fourth-order valence-corrected chi connectivity index (χ4v) is 2.57. The highest BCUT2D eigenvalue weighted by atomic mass is 79.9. The quantitative estimate of drug-likeness (QED) is 0.849. The van der Waals surface area contributed by atoms with E-state index in [1.807, 2.05) is 12.1 Å². The molecule has 0 spiro atoms. The molecule has 2 amide bonds. The van der Waals surface area contributed by atoms with Gasteiger partial charge in [0.1, 0.15) is 0 Å². The third-order valence-electron chi connectivity index (χ3n) is 1.77. The molecule has 1 rings (SSSR count). The number of nitrogens with zero attached hydrogens (tertiary/aromatic N) is 1. The van der Waals surface area contributed by atoms with Crippen LogP contribution in [0.25, 0.3) is 0 Å². The standard InChI is InChI=1S/C10H13BrN2OS/c1-3-6-12-10(14)13(2)7-8-4-5-9(11)15-8/h3-5H,1,6-7H2,2H3,(H,12,14). The van der Waals surface area contributed by atoms with Crippen LogP contribution >= 0.6 is 27.3 Å². The maximum absolute atomic E-state index is 11.5. The average molecular weight is 289 g/mol. The second kappa shape index (κ2) is 5.92. The number of hydrogen-bond acceptors (Lipinski definition) is 2. The van der Waals surface area contributed by atoms with Gasteiger partial charge in [-0.3, -0.25) is 0 Å². The first kappa shape index (κ1) is 12.3. The number of thiophene rings is 1. The lowest BCUT2D eigenvalue weighted by Crippen LogP contribution is -2.36. The van der Waals surface area contributed by atoms with Crippen molar-refractivity contribution >= 4 is 33.3 Å². The predicted molar refractivity (Wildman–Crippen MR) is 67.1 cm³/mol. The van der Waals surface area contributed by atoms with E-state index in [9.17, 15) is 4.79 Å². The molecule has 3 nitrogen and oxygen atoms in total. The molecule has 5 heteroatoms. The van der Waals surface area contributed by atoms with Crippen LogP contribution in [0.3, 0.4) is 0 Å². The highest BCUT2D eigenvalue weighted by Gasteiger charge is 2.08. The SMILES string of the molecule is C=CCNC(=O)N(C)Cc1ccc(Br)s1. The summed E-state index contributed by atoms with van der Waals surface area (Å²) < 4.78 is 1.08. The van der Waals surface area contributed by atoms with Crippen LogP contribution in [-0.2, 0) is 6.54 Å². The first-order valence-corrected chi connectivity index (χ1v) is 6.08. The summed E-state index contributed by atoms with van der Waals surface area (Å²) in [5.41, 5.74) is 0. The highest BCUT2D eigenvalue weighted by Crippen LogP contribution is 2.22. The van der Waals surface area contributed by atoms with E-state index in [1.165, 1.54) is 0 Å². The lowest BCUT2D eigenvalue weighted by Gasteiger charge is -2.16. The number of carbonyl (C=O) groups is 1.